The van der Waals surface area contributed by atoms with Gasteiger partial charge >= 0.3 is 0 Å². The number of hydrogen-bond donors (Lipinski definition) is 2. The van der Waals surface area contributed by atoms with Crippen LogP contribution in [0.25, 0.3) is 0 Å². The van der Waals surface area contributed by atoms with Gasteiger partial charge in [0.1, 0.15) is 11.5 Å². The molecule has 3 aromatic rings. The lowest BCUT2D eigenvalue weighted by Gasteiger charge is -2.11. The highest BCUT2D eigenvalue weighted by Crippen LogP contribution is 2.24. The van der Waals surface area contributed by atoms with E-state index in [1.54, 1.807) is 63.4 Å². The fourth-order valence-corrected chi connectivity index (χ4v) is 3.57. The van der Waals surface area contributed by atoms with Crippen LogP contribution in [-0.2, 0) is 10.0 Å². The van der Waals surface area contributed by atoms with Gasteiger partial charge in [0, 0.05) is 17.4 Å². The molecular weight excluding hydrogens is 354 g/mol. The second-order valence-electron chi connectivity index (χ2n) is 5.76. The first kappa shape index (κ1) is 17.8. The van der Waals surface area contributed by atoms with Gasteiger partial charge in [0.05, 0.1) is 12.0 Å². The molecule has 0 radical (unpaired) electrons. The van der Waals surface area contributed by atoms with Crippen LogP contribution in [0.4, 0.5) is 17.2 Å². The van der Waals surface area contributed by atoms with Crippen molar-refractivity contribution in [1.82, 2.24) is 5.16 Å². The van der Waals surface area contributed by atoms with E-state index in [9.17, 15) is 8.42 Å². The molecule has 0 aliphatic rings. The van der Waals surface area contributed by atoms with Gasteiger partial charge in [-0.25, -0.2) is 8.42 Å². The van der Waals surface area contributed by atoms with E-state index in [0.29, 0.717) is 23.0 Å². The molecule has 1 heterocycles. The second kappa shape index (κ2) is 7.09. The van der Waals surface area contributed by atoms with Gasteiger partial charge in [0.25, 0.3) is 10.0 Å². The SMILES string of the molecule is COc1ccc(S(=O)(=O)Nc2ccc(Nc3cc(C)on3)cc2)cc1C. The number of nitrogens with zero attached hydrogens (tertiary/aromatic N) is 1. The van der Waals surface area contributed by atoms with Crippen LogP contribution >= 0.6 is 0 Å². The van der Waals surface area contributed by atoms with Crippen molar-refractivity contribution in [3.05, 3.63) is 59.9 Å². The maximum atomic E-state index is 12.5. The molecule has 3 rings (SSSR count). The molecule has 0 saturated heterocycles. The number of nitrogens with one attached hydrogen (secondary N) is 2. The van der Waals surface area contributed by atoms with Crippen LogP contribution in [0, 0.1) is 13.8 Å². The fourth-order valence-electron chi connectivity index (χ4n) is 2.43. The molecule has 0 unspecified atom stereocenters. The molecule has 0 aliphatic carbocycles. The van der Waals surface area contributed by atoms with E-state index in [4.69, 9.17) is 9.26 Å². The molecule has 7 nitrogen and oxygen atoms in total. The number of aromatic nitrogens is 1. The predicted octanol–water partition coefficient (Wildman–Crippen LogP) is 3.84. The van der Waals surface area contributed by atoms with Crippen molar-refractivity contribution in [2.75, 3.05) is 17.1 Å². The molecule has 136 valence electrons. The first-order valence-electron chi connectivity index (χ1n) is 7.85. The normalized spacial score (nSPS) is 11.2. The Hall–Kier alpha value is -3.00. The standard InChI is InChI=1S/C18H19N3O4S/c1-12-10-16(8-9-17(12)24-3)26(22,23)21-15-6-4-14(5-7-15)19-18-11-13(2)25-20-18/h4-11,21H,1-3H3,(H,19,20). The average molecular weight is 373 g/mol. The van der Waals surface area contributed by atoms with E-state index in [1.807, 2.05) is 0 Å². The number of methoxy groups -OCH3 is 1. The van der Waals surface area contributed by atoms with Crippen LogP contribution in [0.2, 0.25) is 0 Å². The Balaban J connectivity index is 1.74. The van der Waals surface area contributed by atoms with Crippen molar-refractivity contribution >= 4 is 27.2 Å². The van der Waals surface area contributed by atoms with Crippen LogP contribution in [0.15, 0.2) is 57.9 Å². The fraction of sp³-hybridized carbons (Fsp3) is 0.167. The van der Waals surface area contributed by atoms with Crippen molar-refractivity contribution in [2.45, 2.75) is 18.7 Å². The Morgan fingerprint density at radius 3 is 2.27 bits per heavy atom. The van der Waals surface area contributed by atoms with E-state index < -0.39 is 10.0 Å². The molecular formula is C18H19N3O4S. The first-order valence-corrected chi connectivity index (χ1v) is 9.33. The molecule has 0 aliphatic heterocycles. The number of sulfonamides is 1. The Kier molecular flexibility index (Phi) is 4.85. The third kappa shape index (κ3) is 3.97. The number of aryl methyl sites for hydroxylation is 2. The van der Waals surface area contributed by atoms with Gasteiger partial charge in [0.2, 0.25) is 0 Å². The van der Waals surface area contributed by atoms with Crippen LogP contribution in [0.3, 0.4) is 0 Å². The van der Waals surface area contributed by atoms with Gasteiger partial charge in [0.15, 0.2) is 5.82 Å². The molecule has 2 aromatic carbocycles. The molecule has 1 aromatic heterocycles. The summed E-state index contributed by atoms with van der Waals surface area (Å²) >= 11 is 0. The zero-order valence-electron chi connectivity index (χ0n) is 14.6. The summed E-state index contributed by atoms with van der Waals surface area (Å²) in [5.74, 6) is 1.93. The molecule has 26 heavy (non-hydrogen) atoms. The summed E-state index contributed by atoms with van der Waals surface area (Å²) in [4.78, 5) is 0.177. The number of ether oxygens (including phenoxy) is 1. The Morgan fingerprint density at radius 2 is 1.69 bits per heavy atom. The third-order valence-corrected chi connectivity index (χ3v) is 5.09. The minimum Gasteiger partial charge on any atom is -0.496 e. The highest BCUT2D eigenvalue weighted by Gasteiger charge is 2.15. The van der Waals surface area contributed by atoms with Crippen molar-refractivity contribution < 1.29 is 17.7 Å². The van der Waals surface area contributed by atoms with Crippen molar-refractivity contribution in [2.24, 2.45) is 0 Å². The van der Waals surface area contributed by atoms with Crippen molar-refractivity contribution in [1.29, 1.82) is 0 Å². The molecule has 0 saturated carbocycles. The molecule has 0 atom stereocenters. The summed E-state index contributed by atoms with van der Waals surface area (Å²) in [5.41, 5.74) is 1.97. The lowest BCUT2D eigenvalue weighted by Crippen LogP contribution is -2.13. The summed E-state index contributed by atoms with van der Waals surface area (Å²) in [6, 6.07) is 13.3. The lowest BCUT2D eigenvalue weighted by atomic mass is 10.2. The molecule has 0 spiro atoms. The van der Waals surface area contributed by atoms with Crippen LogP contribution < -0.4 is 14.8 Å². The van der Waals surface area contributed by atoms with Crippen molar-refractivity contribution in [3.8, 4) is 5.75 Å². The van der Waals surface area contributed by atoms with Gasteiger partial charge in [-0.3, -0.25) is 4.72 Å². The molecule has 0 bridgehead atoms. The minimum absolute atomic E-state index is 0.177. The number of rotatable bonds is 6. The Bertz CT molecular complexity index is 1010. The quantitative estimate of drug-likeness (QED) is 0.682. The monoisotopic (exact) mass is 373 g/mol. The minimum atomic E-state index is -3.68. The van der Waals surface area contributed by atoms with Crippen LogP contribution in [0.5, 0.6) is 5.75 Å². The summed E-state index contributed by atoms with van der Waals surface area (Å²) in [6.07, 6.45) is 0. The van der Waals surface area contributed by atoms with Crippen molar-refractivity contribution in [3.63, 3.8) is 0 Å². The number of anilines is 3. The summed E-state index contributed by atoms with van der Waals surface area (Å²) in [6.45, 7) is 3.60. The van der Waals surface area contributed by atoms with Gasteiger partial charge < -0.3 is 14.6 Å². The number of benzene rings is 2. The zero-order chi connectivity index (χ0) is 18.7. The van der Waals surface area contributed by atoms with E-state index >= 15 is 0 Å². The van der Waals surface area contributed by atoms with E-state index in [2.05, 4.69) is 15.2 Å². The van der Waals surface area contributed by atoms with Crippen LogP contribution in [0.1, 0.15) is 11.3 Å². The average Bonchev–Trinajstić information content (AvgIpc) is 3.01. The topological polar surface area (TPSA) is 93.5 Å². The summed E-state index contributed by atoms with van der Waals surface area (Å²) in [5, 5.41) is 6.92. The second-order valence-corrected chi connectivity index (χ2v) is 7.44. The van der Waals surface area contributed by atoms with Gasteiger partial charge in [-0.15, -0.1) is 0 Å². The van der Waals surface area contributed by atoms with E-state index in [0.717, 1.165) is 11.3 Å². The zero-order valence-corrected chi connectivity index (χ0v) is 15.4. The largest absolute Gasteiger partial charge is 0.496 e. The number of hydrogen-bond acceptors (Lipinski definition) is 6. The summed E-state index contributed by atoms with van der Waals surface area (Å²) in [7, 11) is -2.14. The molecule has 0 fully saturated rings. The van der Waals surface area contributed by atoms with Gasteiger partial charge in [-0.05, 0) is 61.9 Å². The van der Waals surface area contributed by atoms with Gasteiger partial charge in [-0.1, -0.05) is 5.16 Å². The predicted molar refractivity (Wildman–Crippen MR) is 99.5 cm³/mol. The Morgan fingerprint density at radius 1 is 1.00 bits per heavy atom. The molecule has 0 amide bonds. The van der Waals surface area contributed by atoms with Gasteiger partial charge in [-0.2, -0.15) is 0 Å². The third-order valence-electron chi connectivity index (χ3n) is 3.71. The molecule has 8 heteroatoms. The highest BCUT2D eigenvalue weighted by molar-refractivity contribution is 7.92. The van der Waals surface area contributed by atoms with Crippen LogP contribution in [-0.4, -0.2) is 20.7 Å². The maximum absolute atomic E-state index is 12.5. The first-order chi connectivity index (χ1) is 12.4. The van der Waals surface area contributed by atoms with E-state index in [1.165, 1.54) is 6.07 Å². The maximum Gasteiger partial charge on any atom is 0.261 e. The van der Waals surface area contributed by atoms with E-state index in [-0.39, 0.29) is 4.90 Å². The highest BCUT2D eigenvalue weighted by atomic mass is 32.2. The Labute approximate surface area is 152 Å². The molecule has 2 N–H and O–H groups in total. The summed E-state index contributed by atoms with van der Waals surface area (Å²) < 4.78 is 37.8. The smallest absolute Gasteiger partial charge is 0.261 e. The lowest BCUT2D eigenvalue weighted by molar-refractivity contribution is 0.400.